The maximum Gasteiger partial charge on any atom is 0.265 e. The lowest BCUT2D eigenvalue weighted by Crippen LogP contribution is -2.17. The number of nitrogens with zero attached hydrogens (tertiary/aromatic N) is 1. The molecule has 0 saturated carbocycles. The quantitative estimate of drug-likeness (QED) is 0.390. The lowest BCUT2D eigenvalue weighted by atomic mass is 10.1. The van der Waals surface area contributed by atoms with Gasteiger partial charge in [-0.1, -0.05) is 18.2 Å². The van der Waals surface area contributed by atoms with Gasteiger partial charge in [-0.25, -0.2) is 13.4 Å². The number of rotatable bonds is 6. The van der Waals surface area contributed by atoms with Crippen LogP contribution in [0.4, 0.5) is 11.4 Å². The molecule has 0 bridgehead atoms. The van der Waals surface area contributed by atoms with Crippen LogP contribution in [-0.4, -0.2) is 26.4 Å². The Morgan fingerprint density at radius 2 is 1.73 bits per heavy atom. The van der Waals surface area contributed by atoms with Gasteiger partial charge in [-0.15, -0.1) is 11.3 Å². The van der Waals surface area contributed by atoms with E-state index in [0.717, 1.165) is 26.4 Å². The Morgan fingerprint density at radius 3 is 2.42 bits per heavy atom. The summed E-state index contributed by atoms with van der Waals surface area (Å²) in [5, 5.41) is 3.70. The van der Waals surface area contributed by atoms with Gasteiger partial charge in [0.2, 0.25) is 0 Å². The second-order valence-electron chi connectivity index (χ2n) is 7.61. The SMILES string of the molecule is COc1ccc(NC(=O)c2ccc3nc(C)sc3c2)cc1S(=O)(=O)Nc1c(C)cccc1C. The third-order valence-corrected chi connectivity index (χ3v) is 7.49. The molecule has 0 aliphatic heterocycles. The first-order valence-electron chi connectivity index (χ1n) is 10.1. The average Bonchev–Trinajstić information content (AvgIpc) is 3.15. The highest BCUT2D eigenvalue weighted by Crippen LogP contribution is 2.31. The van der Waals surface area contributed by atoms with Gasteiger partial charge in [0.15, 0.2) is 0 Å². The number of hydrogen-bond donors (Lipinski definition) is 2. The van der Waals surface area contributed by atoms with Crippen molar-refractivity contribution in [1.82, 2.24) is 4.98 Å². The van der Waals surface area contributed by atoms with Crippen LogP contribution in [-0.2, 0) is 10.0 Å². The molecular weight excluding hydrogens is 458 g/mol. The van der Waals surface area contributed by atoms with Crippen molar-refractivity contribution in [2.75, 3.05) is 17.1 Å². The maximum absolute atomic E-state index is 13.2. The zero-order valence-corrected chi connectivity index (χ0v) is 20.2. The highest BCUT2D eigenvalue weighted by molar-refractivity contribution is 7.92. The molecule has 1 heterocycles. The molecule has 0 atom stereocenters. The number of aryl methyl sites for hydroxylation is 3. The van der Waals surface area contributed by atoms with Gasteiger partial charge < -0.3 is 10.1 Å². The van der Waals surface area contributed by atoms with Crippen molar-refractivity contribution in [2.24, 2.45) is 0 Å². The second kappa shape index (κ2) is 8.84. The van der Waals surface area contributed by atoms with Crippen molar-refractivity contribution in [3.8, 4) is 5.75 Å². The number of fused-ring (bicyclic) bond motifs is 1. The van der Waals surface area contributed by atoms with Crippen LogP contribution in [0.2, 0.25) is 0 Å². The van der Waals surface area contributed by atoms with E-state index < -0.39 is 10.0 Å². The van der Waals surface area contributed by atoms with Crippen LogP contribution >= 0.6 is 11.3 Å². The van der Waals surface area contributed by atoms with E-state index in [-0.39, 0.29) is 16.6 Å². The zero-order valence-electron chi connectivity index (χ0n) is 18.6. The molecule has 33 heavy (non-hydrogen) atoms. The number of amides is 1. The van der Waals surface area contributed by atoms with E-state index in [1.807, 2.05) is 39.0 Å². The highest BCUT2D eigenvalue weighted by Gasteiger charge is 2.22. The zero-order chi connectivity index (χ0) is 23.8. The van der Waals surface area contributed by atoms with Gasteiger partial charge in [-0.2, -0.15) is 0 Å². The van der Waals surface area contributed by atoms with Crippen molar-refractivity contribution >= 4 is 48.9 Å². The van der Waals surface area contributed by atoms with Crippen LogP contribution in [0.1, 0.15) is 26.5 Å². The number of ether oxygens (including phenoxy) is 1. The lowest BCUT2D eigenvalue weighted by Gasteiger charge is -2.16. The summed E-state index contributed by atoms with van der Waals surface area (Å²) in [5.74, 6) is -0.174. The van der Waals surface area contributed by atoms with Crippen LogP contribution in [0.5, 0.6) is 5.75 Å². The van der Waals surface area contributed by atoms with Crippen molar-refractivity contribution < 1.29 is 17.9 Å². The van der Waals surface area contributed by atoms with E-state index >= 15 is 0 Å². The smallest absolute Gasteiger partial charge is 0.265 e. The van der Waals surface area contributed by atoms with E-state index in [4.69, 9.17) is 4.74 Å². The highest BCUT2D eigenvalue weighted by atomic mass is 32.2. The van der Waals surface area contributed by atoms with Gasteiger partial charge in [-0.3, -0.25) is 9.52 Å². The van der Waals surface area contributed by atoms with Crippen LogP contribution in [0, 0.1) is 20.8 Å². The molecule has 0 unspecified atom stereocenters. The summed E-state index contributed by atoms with van der Waals surface area (Å²) < 4.78 is 35.3. The van der Waals surface area contributed by atoms with Crippen LogP contribution in [0.15, 0.2) is 59.5 Å². The van der Waals surface area contributed by atoms with Gasteiger partial charge in [0.1, 0.15) is 10.6 Å². The standard InChI is InChI=1S/C24H23N3O4S2/c1-14-6-5-7-15(2)23(14)27-33(29,30)22-13-18(9-11-20(22)31-4)26-24(28)17-8-10-19-21(12-17)32-16(3)25-19/h5-13,27H,1-4H3,(H,26,28). The maximum atomic E-state index is 13.2. The third-order valence-electron chi connectivity index (χ3n) is 5.19. The van der Waals surface area contributed by atoms with E-state index in [2.05, 4.69) is 15.0 Å². The largest absolute Gasteiger partial charge is 0.495 e. The van der Waals surface area contributed by atoms with Crippen LogP contribution in [0.3, 0.4) is 0 Å². The summed E-state index contributed by atoms with van der Waals surface area (Å²) in [7, 11) is -2.58. The number of anilines is 2. The number of carbonyl (C=O) groups excluding carboxylic acids is 1. The number of benzene rings is 3. The van der Waals surface area contributed by atoms with Gasteiger partial charge in [0.05, 0.1) is 28.0 Å². The Kier molecular flexibility index (Phi) is 6.09. The Labute approximate surface area is 196 Å². The summed E-state index contributed by atoms with van der Waals surface area (Å²) in [6.07, 6.45) is 0. The topological polar surface area (TPSA) is 97.4 Å². The minimum atomic E-state index is -3.98. The normalized spacial score (nSPS) is 11.4. The number of carbonyl (C=O) groups is 1. The van der Waals surface area contributed by atoms with E-state index in [9.17, 15) is 13.2 Å². The molecule has 0 fully saturated rings. The van der Waals surface area contributed by atoms with Gasteiger partial charge >= 0.3 is 0 Å². The molecule has 1 aromatic heterocycles. The summed E-state index contributed by atoms with van der Waals surface area (Å²) >= 11 is 1.51. The number of thiazole rings is 1. The molecule has 7 nitrogen and oxygen atoms in total. The number of sulfonamides is 1. The summed E-state index contributed by atoms with van der Waals surface area (Å²) in [6.45, 7) is 5.58. The van der Waals surface area contributed by atoms with Crippen LogP contribution < -0.4 is 14.8 Å². The summed E-state index contributed by atoms with van der Waals surface area (Å²) in [5.41, 5.74) is 3.75. The molecular formula is C24H23N3O4S2. The average molecular weight is 482 g/mol. The lowest BCUT2D eigenvalue weighted by molar-refractivity contribution is 0.102. The predicted octanol–water partition coefficient (Wildman–Crippen LogP) is 5.28. The fourth-order valence-corrected chi connectivity index (χ4v) is 5.78. The summed E-state index contributed by atoms with van der Waals surface area (Å²) in [6, 6.07) is 15.3. The predicted molar refractivity (Wildman–Crippen MR) is 132 cm³/mol. The van der Waals surface area contributed by atoms with E-state index in [1.165, 1.54) is 30.6 Å². The number of nitrogens with one attached hydrogen (secondary N) is 2. The minimum absolute atomic E-state index is 0.0704. The molecule has 4 rings (SSSR count). The summed E-state index contributed by atoms with van der Waals surface area (Å²) in [4.78, 5) is 17.2. The number of aromatic nitrogens is 1. The molecule has 9 heteroatoms. The Bertz CT molecular complexity index is 1460. The molecule has 0 saturated heterocycles. The minimum Gasteiger partial charge on any atom is -0.495 e. The monoisotopic (exact) mass is 481 g/mol. The number of methoxy groups -OCH3 is 1. The molecule has 2 N–H and O–H groups in total. The van der Waals surface area contributed by atoms with Crippen molar-refractivity contribution in [2.45, 2.75) is 25.7 Å². The first kappa shape index (κ1) is 22.8. The van der Waals surface area contributed by atoms with Gasteiger partial charge in [-0.05, 0) is 68.3 Å². The first-order chi connectivity index (χ1) is 15.7. The van der Waals surface area contributed by atoms with Crippen molar-refractivity contribution in [3.05, 3.63) is 76.3 Å². The number of hydrogen-bond acceptors (Lipinski definition) is 6. The van der Waals surface area contributed by atoms with E-state index in [0.29, 0.717) is 16.9 Å². The molecule has 0 aliphatic carbocycles. The molecule has 0 radical (unpaired) electrons. The first-order valence-corrected chi connectivity index (χ1v) is 12.4. The van der Waals surface area contributed by atoms with E-state index in [1.54, 1.807) is 24.3 Å². The third kappa shape index (κ3) is 4.69. The molecule has 0 spiro atoms. The fraction of sp³-hybridized carbons (Fsp3) is 0.167. The fourth-order valence-electron chi connectivity index (χ4n) is 3.51. The Hall–Kier alpha value is -3.43. The van der Waals surface area contributed by atoms with Crippen LogP contribution in [0.25, 0.3) is 10.2 Å². The molecule has 4 aromatic rings. The van der Waals surface area contributed by atoms with Gasteiger partial charge in [0, 0.05) is 11.3 Å². The second-order valence-corrected chi connectivity index (χ2v) is 10.5. The number of para-hydroxylation sites is 1. The molecule has 0 aliphatic rings. The van der Waals surface area contributed by atoms with Crippen molar-refractivity contribution in [1.29, 1.82) is 0 Å². The Morgan fingerprint density at radius 1 is 1.00 bits per heavy atom. The van der Waals surface area contributed by atoms with Gasteiger partial charge in [0.25, 0.3) is 15.9 Å². The Balaban J connectivity index is 1.65. The molecule has 170 valence electrons. The molecule has 1 amide bonds. The molecule has 3 aromatic carbocycles. The van der Waals surface area contributed by atoms with Crippen molar-refractivity contribution in [3.63, 3.8) is 0 Å².